The average molecular weight is 934 g/mol. The quantitative estimate of drug-likeness (QED) is 0.0439. The van der Waals surface area contributed by atoms with E-state index in [0.29, 0.717) is 43.6 Å². The molecule has 19 nitrogen and oxygen atoms in total. The molecule has 61 heavy (non-hydrogen) atoms. The van der Waals surface area contributed by atoms with Crippen LogP contribution in [0.15, 0.2) is 81.0 Å². The van der Waals surface area contributed by atoms with Crippen molar-refractivity contribution in [1.82, 2.24) is 18.3 Å². The van der Waals surface area contributed by atoms with Crippen molar-refractivity contribution in [2.45, 2.75) is 20.8 Å². The number of rotatable bonds is 15. The molecule has 0 aromatic carbocycles. The molecule has 4 aromatic heterocycles. The van der Waals surface area contributed by atoms with E-state index in [2.05, 4.69) is 40.4 Å². The molecule has 0 aliphatic heterocycles. The Hall–Kier alpha value is -5.67. The van der Waals surface area contributed by atoms with Crippen molar-refractivity contribution >= 4 is 45.8 Å². The van der Waals surface area contributed by atoms with Gasteiger partial charge in [-0.15, -0.1) is 6.58 Å². The summed E-state index contributed by atoms with van der Waals surface area (Å²) in [5.74, 6) is -3.62. The maximum Gasteiger partial charge on any atom is 1.00 e. The Labute approximate surface area is 384 Å². The molecule has 0 spiro atoms. The first-order valence-corrected chi connectivity index (χ1v) is 18.7. The molecule has 4 aromatic rings. The van der Waals surface area contributed by atoms with Gasteiger partial charge < -0.3 is 67.9 Å². The van der Waals surface area contributed by atoms with Crippen LogP contribution in [0, 0.1) is 0 Å². The average Bonchev–Trinajstić information content (AvgIpc) is 3.94. The molecular formula is C40H54BrN4NaO15. The molecular weight excluding hydrogens is 879 g/mol. The summed E-state index contributed by atoms with van der Waals surface area (Å²) in [6.07, 6.45) is 11.1. The van der Waals surface area contributed by atoms with E-state index in [1.165, 1.54) is 26.8 Å². The molecule has 0 amide bonds. The monoisotopic (exact) mass is 932 g/mol. The number of carbonyl (C=O) groups is 5. The summed E-state index contributed by atoms with van der Waals surface area (Å²) in [4.78, 5) is 55.4. The molecule has 0 unspecified atom stereocenters. The maximum atomic E-state index is 11.6. The first kappa shape index (κ1) is 59.6. The molecule has 0 fully saturated rings. The summed E-state index contributed by atoms with van der Waals surface area (Å²) < 4.78 is 30.7. The fraction of sp³-hybridized carbons (Fsp3) is 0.325. The van der Waals surface area contributed by atoms with E-state index in [4.69, 9.17) is 29.2 Å². The number of aryl methyl sites for hydroxylation is 4. The largest absolute Gasteiger partial charge is 1.00 e. The summed E-state index contributed by atoms with van der Waals surface area (Å²) >= 11 is 3.13. The smallest absolute Gasteiger partial charge is 0.870 e. The Kier molecular flexibility index (Phi) is 31.4. The second kappa shape index (κ2) is 32.1. The number of halogens is 1. The summed E-state index contributed by atoms with van der Waals surface area (Å²) in [6, 6.07) is 4.80. The van der Waals surface area contributed by atoms with Crippen LogP contribution >= 0.6 is 15.9 Å². The normalized spacial score (nSPS) is 9.25. The van der Waals surface area contributed by atoms with Gasteiger partial charge in [-0.1, -0.05) is 47.3 Å². The van der Waals surface area contributed by atoms with Gasteiger partial charge in [-0.25, -0.2) is 24.0 Å². The minimum Gasteiger partial charge on any atom is -0.870 e. The van der Waals surface area contributed by atoms with E-state index in [1.54, 1.807) is 95.4 Å². The van der Waals surface area contributed by atoms with Crippen LogP contribution in [0.5, 0.6) is 23.0 Å². The molecule has 4 rings (SSSR count). The number of nitrogens with zero attached hydrogens (tertiary/aromatic N) is 4. The Bertz CT molecular complexity index is 1990. The van der Waals surface area contributed by atoms with E-state index < -0.39 is 29.6 Å². The zero-order valence-electron chi connectivity index (χ0n) is 35.6. The molecule has 0 aliphatic rings. The zero-order valence-corrected chi connectivity index (χ0v) is 39.2. The Morgan fingerprint density at radius 2 is 1.00 bits per heavy atom. The first-order valence-electron chi connectivity index (χ1n) is 17.6. The number of allylic oxidation sites excluding steroid dienone is 1. The van der Waals surface area contributed by atoms with E-state index >= 15 is 0 Å². The van der Waals surface area contributed by atoms with Gasteiger partial charge in [0.1, 0.15) is 24.5 Å². The van der Waals surface area contributed by atoms with Crippen molar-refractivity contribution in [3.8, 4) is 23.0 Å². The molecule has 0 saturated carbocycles. The standard InChI is InChI=1S/C11H15NO3.C9H11NO5.C9H11NO3.C8H11NO3.C3H5Br.Na.H2O/c1-4-8-15-9-6-7-12(3)10(9)11(13)14-5-2;1-3-15-9(14)6-7(11)5(8(12)13)4-10(6)2;1-3-6-13-7-4-5-10(2)8(7)9(11)12;1-3-12-8(11)7-6(10)4-5-9(7)2;1-2-3-4;;/h4,6-7H,1,5,8H2,2-3H3;4,11H,3H2,1-2H3,(H,12,13);3-5H,1,6H2,2H3,(H,11,12);4-5,10H,3H2,1-2H3;2H,1,3H2;;1H2/q;;;;;+1;/p-1. The second-order valence-electron chi connectivity index (χ2n) is 11.2. The number of aromatic nitrogens is 4. The van der Waals surface area contributed by atoms with Crippen molar-refractivity contribution in [3.05, 3.63) is 109 Å². The van der Waals surface area contributed by atoms with Gasteiger partial charge in [0.2, 0.25) is 0 Å². The van der Waals surface area contributed by atoms with Gasteiger partial charge in [-0.05, 0) is 39.0 Å². The van der Waals surface area contributed by atoms with Gasteiger partial charge in [-0.3, -0.25) is 0 Å². The summed E-state index contributed by atoms with van der Waals surface area (Å²) in [6.45, 7) is 17.1. The Morgan fingerprint density at radius 3 is 1.34 bits per heavy atom. The molecule has 0 radical (unpaired) electrons. The summed E-state index contributed by atoms with van der Waals surface area (Å²) in [7, 11) is 6.56. The van der Waals surface area contributed by atoms with Gasteiger partial charge in [0, 0.05) is 58.3 Å². The van der Waals surface area contributed by atoms with Crippen LogP contribution in [0.25, 0.3) is 0 Å². The fourth-order valence-electron chi connectivity index (χ4n) is 4.42. The van der Waals surface area contributed by atoms with Gasteiger partial charge in [0.25, 0.3) is 0 Å². The molecule has 0 atom stereocenters. The van der Waals surface area contributed by atoms with Crippen LogP contribution in [0.1, 0.15) is 73.1 Å². The third kappa shape index (κ3) is 19.5. The summed E-state index contributed by atoms with van der Waals surface area (Å²) in [5, 5.41) is 37.1. The SMILES string of the molecule is C=CCBr.C=CCOc1ccn(C)c1C(=O)O.C=CCOc1ccn(C)c1C(=O)OCC.CCOC(=O)c1c(O)c(C(=O)O)cn1C.CCOC(=O)c1c(O)ccn1C.[Na+].[OH-]. The third-order valence-corrected chi connectivity index (χ3v) is 7.40. The topological polar surface area (TPSA) is 262 Å². The van der Waals surface area contributed by atoms with Crippen LogP contribution in [0.3, 0.4) is 0 Å². The van der Waals surface area contributed by atoms with Crippen LogP contribution in [0.2, 0.25) is 0 Å². The van der Waals surface area contributed by atoms with Crippen molar-refractivity contribution in [1.29, 1.82) is 0 Å². The predicted molar refractivity (Wildman–Crippen MR) is 224 cm³/mol. The van der Waals surface area contributed by atoms with Crippen molar-refractivity contribution in [3.63, 3.8) is 0 Å². The van der Waals surface area contributed by atoms with Gasteiger partial charge >= 0.3 is 59.4 Å². The van der Waals surface area contributed by atoms with E-state index in [1.807, 2.05) is 0 Å². The first-order chi connectivity index (χ1) is 27.9. The molecule has 0 bridgehead atoms. The summed E-state index contributed by atoms with van der Waals surface area (Å²) in [5.41, 5.74) is 0.298. The zero-order chi connectivity index (χ0) is 45.2. The maximum absolute atomic E-state index is 11.6. The third-order valence-electron chi connectivity index (χ3n) is 6.94. The number of hydrogen-bond acceptors (Lipinski definition) is 13. The molecule has 21 heteroatoms. The van der Waals surface area contributed by atoms with Crippen molar-refractivity contribution < 1.29 is 103 Å². The Morgan fingerprint density at radius 1 is 0.623 bits per heavy atom. The molecule has 0 aliphatic carbocycles. The number of hydrogen-bond donors (Lipinski definition) is 4. The van der Waals surface area contributed by atoms with Crippen molar-refractivity contribution in [2.24, 2.45) is 28.2 Å². The second-order valence-corrected chi connectivity index (χ2v) is 11.9. The molecule has 332 valence electrons. The van der Waals surface area contributed by atoms with Gasteiger partial charge in [0.15, 0.2) is 40.0 Å². The van der Waals surface area contributed by atoms with E-state index in [-0.39, 0.29) is 76.0 Å². The number of esters is 3. The van der Waals surface area contributed by atoms with Crippen LogP contribution in [-0.2, 0) is 42.4 Å². The number of aromatic hydroxyl groups is 2. The minimum atomic E-state index is -1.29. The van der Waals surface area contributed by atoms with Gasteiger partial charge in [-0.2, -0.15) is 0 Å². The number of ether oxygens (including phenoxy) is 5. The number of carboxylic acid groups (broad SMARTS) is 2. The minimum absolute atomic E-state index is 0. The molecule has 0 saturated heterocycles. The van der Waals surface area contributed by atoms with Crippen LogP contribution in [0.4, 0.5) is 0 Å². The number of carbonyl (C=O) groups excluding carboxylic acids is 3. The molecule has 4 heterocycles. The van der Waals surface area contributed by atoms with Gasteiger partial charge in [0.05, 0.1) is 19.8 Å². The number of alkyl halides is 1. The molecule has 5 N–H and O–H groups in total. The number of aromatic carboxylic acids is 2. The van der Waals surface area contributed by atoms with E-state index in [9.17, 15) is 34.2 Å². The van der Waals surface area contributed by atoms with Crippen molar-refractivity contribution in [2.75, 3.05) is 38.4 Å². The Balaban J connectivity index is -0.000000708. The predicted octanol–water partition coefficient (Wildman–Crippen LogP) is 2.96. The fourth-order valence-corrected chi connectivity index (χ4v) is 4.42. The van der Waals surface area contributed by atoms with Crippen LogP contribution in [-0.4, -0.2) is 112 Å². The van der Waals surface area contributed by atoms with E-state index in [0.717, 1.165) is 11.5 Å². The van der Waals surface area contributed by atoms with Crippen LogP contribution < -0.4 is 39.0 Å². The number of carboxylic acids is 2.